The molecule has 0 spiro atoms. The van der Waals surface area contributed by atoms with Crippen LogP contribution in [-0.2, 0) is 6.42 Å². The first-order valence-corrected chi connectivity index (χ1v) is 6.61. The van der Waals surface area contributed by atoms with Crippen LogP contribution in [0, 0.1) is 0 Å². The number of nitrogens with zero attached hydrogens (tertiary/aromatic N) is 1. The molecule has 3 aromatic rings. The van der Waals surface area contributed by atoms with Gasteiger partial charge in [-0.1, -0.05) is 0 Å². The van der Waals surface area contributed by atoms with Gasteiger partial charge in [0.25, 0.3) is 0 Å². The van der Waals surface area contributed by atoms with E-state index in [0.29, 0.717) is 6.42 Å². The fourth-order valence-electron chi connectivity index (χ4n) is 2.08. The smallest absolute Gasteiger partial charge is 0.116 e. The van der Waals surface area contributed by atoms with Gasteiger partial charge >= 0.3 is 0 Å². The first-order valence-electron chi connectivity index (χ1n) is 5.66. The van der Waals surface area contributed by atoms with Crippen molar-refractivity contribution in [2.24, 2.45) is 5.73 Å². The minimum Gasteiger partial charge on any atom is -0.508 e. The van der Waals surface area contributed by atoms with Crippen molar-refractivity contribution in [3.05, 3.63) is 46.5 Å². The van der Waals surface area contributed by atoms with Crippen LogP contribution in [0.15, 0.2) is 35.3 Å². The molecule has 0 unspecified atom stereocenters. The normalized spacial score (nSPS) is 12.9. The molecule has 92 valence electrons. The molecule has 2 aromatic heterocycles. The molecular formula is C13H13N3OS. The summed E-state index contributed by atoms with van der Waals surface area (Å²) in [4.78, 5) is 7.41. The molecule has 4 N–H and O–H groups in total. The number of aromatic hydroxyl groups is 1. The van der Waals surface area contributed by atoms with Crippen LogP contribution < -0.4 is 5.73 Å². The lowest BCUT2D eigenvalue weighted by molar-refractivity contribution is 0.476. The van der Waals surface area contributed by atoms with Gasteiger partial charge in [-0.2, -0.15) is 0 Å². The summed E-state index contributed by atoms with van der Waals surface area (Å²) in [7, 11) is 0. The zero-order chi connectivity index (χ0) is 12.5. The number of aromatic amines is 1. The predicted molar refractivity (Wildman–Crippen MR) is 72.7 cm³/mol. The van der Waals surface area contributed by atoms with E-state index in [0.717, 1.165) is 22.2 Å². The molecule has 0 aliphatic rings. The Morgan fingerprint density at radius 1 is 1.44 bits per heavy atom. The molecule has 1 aromatic carbocycles. The standard InChI is InChI=1S/C13H13N3OS/c14-11(13-6-18-7-16-13)3-8-5-15-12-2-1-9(17)4-10(8)12/h1-2,4-7,11,15,17H,3,14H2/t11-/m0/s1. The van der Waals surface area contributed by atoms with E-state index in [1.165, 1.54) is 0 Å². The minimum atomic E-state index is -0.113. The van der Waals surface area contributed by atoms with Gasteiger partial charge in [-0.15, -0.1) is 11.3 Å². The number of nitrogens with one attached hydrogen (secondary N) is 1. The van der Waals surface area contributed by atoms with Gasteiger partial charge in [-0.25, -0.2) is 4.98 Å². The lowest BCUT2D eigenvalue weighted by Gasteiger charge is -2.07. The largest absolute Gasteiger partial charge is 0.508 e. The van der Waals surface area contributed by atoms with Gasteiger partial charge in [0.15, 0.2) is 0 Å². The second-order valence-corrected chi connectivity index (χ2v) is 4.99. The van der Waals surface area contributed by atoms with E-state index in [4.69, 9.17) is 5.73 Å². The first-order chi connectivity index (χ1) is 8.74. The van der Waals surface area contributed by atoms with Gasteiger partial charge in [0.2, 0.25) is 0 Å². The molecule has 0 aliphatic carbocycles. The molecule has 0 amide bonds. The topological polar surface area (TPSA) is 74.9 Å². The summed E-state index contributed by atoms with van der Waals surface area (Å²) >= 11 is 1.55. The average molecular weight is 259 g/mol. The zero-order valence-corrected chi connectivity index (χ0v) is 10.4. The van der Waals surface area contributed by atoms with E-state index in [2.05, 4.69) is 9.97 Å². The second-order valence-electron chi connectivity index (χ2n) is 4.27. The summed E-state index contributed by atoms with van der Waals surface area (Å²) < 4.78 is 0. The Morgan fingerprint density at radius 3 is 3.11 bits per heavy atom. The van der Waals surface area contributed by atoms with Gasteiger partial charge in [-0.05, 0) is 30.2 Å². The second kappa shape index (κ2) is 4.44. The highest BCUT2D eigenvalue weighted by Crippen LogP contribution is 2.26. The number of H-pyrrole nitrogens is 1. The molecule has 2 heterocycles. The fourth-order valence-corrected chi connectivity index (χ4v) is 2.70. The monoisotopic (exact) mass is 259 g/mol. The lowest BCUT2D eigenvalue weighted by Crippen LogP contribution is -2.13. The Balaban J connectivity index is 1.93. The quantitative estimate of drug-likeness (QED) is 0.676. The fraction of sp³-hybridized carbons (Fsp3) is 0.154. The minimum absolute atomic E-state index is 0.113. The van der Waals surface area contributed by atoms with Gasteiger partial charge in [-0.3, -0.25) is 0 Å². The Hall–Kier alpha value is -1.85. The van der Waals surface area contributed by atoms with Crippen molar-refractivity contribution in [3.8, 4) is 5.75 Å². The molecular weight excluding hydrogens is 246 g/mol. The van der Waals surface area contributed by atoms with Gasteiger partial charge in [0.05, 0.1) is 17.2 Å². The third-order valence-corrected chi connectivity index (χ3v) is 3.63. The summed E-state index contributed by atoms with van der Waals surface area (Å²) in [6.07, 6.45) is 2.64. The van der Waals surface area contributed by atoms with Gasteiger partial charge < -0.3 is 15.8 Å². The predicted octanol–water partition coefficient (Wildman–Crippen LogP) is 2.57. The number of benzene rings is 1. The van der Waals surface area contributed by atoms with Crippen LogP contribution in [-0.4, -0.2) is 15.1 Å². The number of hydrogen-bond donors (Lipinski definition) is 3. The maximum atomic E-state index is 9.54. The van der Waals surface area contributed by atoms with Crippen molar-refractivity contribution in [2.45, 2.75) is 12.5 Å². The Labute approximate surface area is 108 Å². The van der Waals surface area contributed by atoms with E-state index in [-0.39, 0.29) is 11.8 Å². The van der Waals surface area contributed by atoms with Gasteiger partial charge in [0, 0.05) is 22.5 Å². The summed E-state index contributed by atoms with van der Waals surface area (Å²) in [5, 5.41) is 12.5. The third-order valence-electron chi connectivity index (χ3n) is 3.02. The van der Waals surface area contributed by atoms with Gasteiger partial charge in [0.1, 0.15) is 5.75 Å². The zero-order valence-electron chi connectivity index (χ0n) is 9.63. The molecule has 0 saturated heterocycles. The Kier molecular flexibility index (Phi) is 2.77. The first kappa shape index (κ1) is 11.3. The lowest BCUT2D eigenvalue weighted by atomic mass is 10.0. The Morgan fingerprint density at radius 2 is 2.33 bits per heavy atom. The average Bonchev–Trinajstić information content (AvgIpc) is 2.99. The van der Waals surface area contributed by atoms with Crippen molar-refractivity contribution in [1.82, 2.24) is 9.97 Å². The van der Waals surface area contributed by atoms with E-state index >= 15 is 0 Å². The number of aromatic nitrogens is 2. The summed E-state index contributed by atoms with van der Waals surface area (Å²) in [6, 6.07) is 5.18. The summed E-state index contributed by atoms with van der Waals surface area (Å²) in [5.74, 6) is 0.269. The van der Waals surface area contributed by atoms with Crippen LogP contribution in [0.2, 0.25) is 0 Å². The molecule has 0 radical (unpaired) electrons. The third kappa shape index (κ3) is 1.98. The van der Waals surface area contributed by atoms with Crippen LogP contribution in [0.1, 0.15) is 17.3 Å². The Bertz CT molecular complexity index is 660. The molecule has 4 nitrogen and oxygen atoms in total. The SMILES string of the molecule is N[C@@H](Cc1c[nH]c2ccc(O)cc12)c1cscn1. The van der Waals surface area contributed by atoms with Crippen LogP contribution in [0.4, 0.5) is 0 Å². The molecule has 18 heavy (non-hydrogen) atoms. The maximum absolute atomic E-state index is 9.54. The van der Waals surface area contributed by atoms with Crippen molar-refractivity contribution in [1.29, 1.82) is 0 Å². The van der Waals surface area contributed by atoms with Crippen molar-refractivity contribution < 1.29 is 5.11 Å². The van der Waals surface area contributed by atoms with E-state index in [1.807, 2.05) is 17.6 Å². The summed E-state index contributed by atoms with van der Waals surface area (Å²) in [5.41, 5.74) is 10.9. The molecule has 5 heteroatoms. The maximum Gasteiger partial charge on any atom is 0.116 e. The highest BCUT2D eigenvalue weighted by molar-refractivity contribution is 7.07. The molecule has 1 atom stereocenters. The molecule has 0 bridgehead atoms. The van der Waals surface area contributed by atoms with Crippen LogP contribution >= 0.6 is 11.3 Å². The number of nitrogens with two attached hydrogens (primary N) is 1. The summed E-state index contributed by atoms with van der Waals surface area (Å²) in [6.45, 7) is 0. The number of thiazole rings is 1. The highest BCUT2D eigenvalue weighted by atomic mass is 32.1. The number of hydrogen-bond acceptors (Lipinski definition) is 4. The van der Waals surface area contributed by atoms with E-state index in [9.17, 15) is 5.11 Å². The van der Waals surface area contributed by atoms with E-state index < -0.39 is 0 Å². The molecule has 3 rings (SSSR count). The number of phenolic OH excluding ortho intramolecular Hbond substituents is 1. The number of fused-ring (bicyclic) bond motifs is 1. The highest BCUT2D eigenvalue weighted by Gasteiger charge is 2.12. The molecule has 0 saturated carbocycles. The van der Waals surface area contributed by atoms with Crippen LogP contribution in [0.3, 0.4) is 0 Å². The van der Waals surface area contributed by atoms with Crippen molar-refractivity contribution in [3.63, 3.8) is 0 Å². The number of rotatable bonds is 3. The van der Waals surface area contributed by atoms with Crippen LogP contribution in [0.5, 0.6) is 5.75 Å². The van der Waals surface area contributed by atoms with Crippen LogP contribution in [0.25, 0.3) is 10.9 Å². The number of phenols is 1. The molecule has 0 fully saturated rings. The van der Waals surface area contributed by atoms with Crippen molar-refractivity contribution in [2.75, 3.05) is 0 Å². The van der Waals surface area contributed by atoms with E-state index in [1.54, 1.807) is 29.0 Å². The molecule has 0 aliphatic heterocycles. The van der Waals surface area contributed by atoms with Crippen molar-refractivity contribution >= 4 is 22.2 Å².